The molecule has 3 amide bonds. The van der Waals surface area contributed by atoms with Crippen molar-refractivity contribution in [3.05, 3.63) is 44.8 Å². The molecule has 2 aromatic rings. The minimum atomic E-state index is -0.762. The van der Waals surface area contributed by atoms with Gasteiger partial charge in [0.15, 0.2) is 0 Å². The van der Waals surface area contributed by atoms with E-state index in [-0.39, 0.29) is 13.2 Å². The summed E-state index contributed by atoms with van der Waals surface area (Å²) in [7, 11) is 1.46. The Bertz CT molecular complexity index is 983. The quantitative estimate of drug-likeness (QED) is 0.456. The van der Waals surface area contributed by atoms with E-state index in [4.69, 9.17) is 20.8 Å². The van der Waals surface area contributed by atoms with Crippen molar-refractivity contribution in [3.8, 4) is 0 Å². The summed E-state index contributed by atoms with van der Waals surface area (Å²) in [4.78, 5) is 49.2. The fourth-order valence-corrected chi connectivity index (χ4v) is 2.79. The van der Waals surface area contributed by atoms with Gasteiger partial charge in [0.1, 0.15) is 25.3 Å². The Morgan fingerprint density at radius 2 is 2.00 bits per heavy atom. The van der Waals surface area contributed by atoms with Crippen LogP contribution < -0.4 is 5.63 Å². The number of halogens is 1. The molecule has 0 unspecified atom stereocenters. The lowest BCUT2D eigenvalue weighted by Gasteiger charge is -2.13. The van der Waals surface area contributed by atoms with Gasteiger partial charge < -0.3 is 14.1 Å². The highest BCUT2D eigenvalue weighted by Crippen LogP contribution is 2.25. The van der Waals surface area contributed by atoms with E-state index in [0.717, 1.165) is 10.5 Å². The molecule has 8 nitrogen and oxygen atoms in total. The van der Waals surface area contributed by atoms with Crippen LogP contribution in [0.15, 0.2) is 27.4 Å². The van der Waals surface area contributed by atoms with E-state index in [1.165, 1.54) is 18.0 Å². The third-order valence-corrected chi connectivity index (χ3v) is 4.42. The standard InChI is InChI=1S/C17H15ClN2O6/c1-9-3-13-11(5-12(9)18)10(4-15(22)26-13)8-25-16(23)7-20-14(21)6-19(2)17(20)24/h3-5H,6-8H2,1-2H3. The molecular formula is C17H15ClN2O6. The van der Waals surface area contributed by atoms with Gasteiger partial charge in [0, 0.05) is 29.1 Å². The van der Waals surface area contributed by atoms with Crippen molar-refractivity contribution in [1.82, 2.24) is 9.80 Å². The van der Waals surface area contributed by atoms with Gasteiger partial charge >= 0.3 is 17.6 Å². The molecule has 3 rings (SSSR count). The molecule has 0 saturated carbocycles. The van der Waals surface area contributed by atoms with E-state index in [1.807, 2.05) is 0 Å². The highest BCUT2D eigenvalue weighted by atomic mass is 35.5. The number of rotatable bonds is 4. The normalized spacial score (nSPS) is 14.4. The van der Waals surface area contributed by atoms with Crippen molar-refractivity contribution in [2.24, 2.45) is 0 Å². The topological polar surface area (TPSA) is 97.1 Å². The summed E-state index contributed by atoms with van der Waals surface area (Å²) in [6, 6.07) is 3.91. The lowest BCUT2D eigenvalue weighted by Crippen LogP contribution is -2.36. The number of urea groups is 1. The van der Waals surface area contributed by atoms with E-state index in [0.29, 0.717) is 21.6 Å². The number of ether oxygens (including phenoxy) is 1. The van der Waals surface area contributed by atoms with Gasteiger partial charge in [-0.3, -0.25) is 14.5 Å². The molecule has 0 radical (unpaired) electrons. The average Bonchev–Trinajstić information content (AvgIpc) is 2.80. The van der Waals surface area contributed by atoms with Crippen LogP contribution in [0.4, 0.5) is 4.79 Å². The first-order valence-electron chi connectivity index (χ1n) is 7.70. The number of carbonyl (C=O) groups excluding carboxylic acids is 3. The second-order valence-corrected chi connectivity index (χ2v) is 6.37. The Labute approximate surface area is 152 Å². The van der Waals surface area contributed by atoms with Crippen LogP contribution in [0.3, 0.4) is 0 Å². The molecule has 1 aliphatic heterocycles. The van der Waals surface area contributed by atoms with Gasteiger partial charge in [-0.25, -0.2) is 9.59 Å². The minimum absolute atomic E-state index is 0.0751. The predicted molar refractivity (Wildman–Crippen MR) is 91.8 cm³/mol. The predicted octanol–water partition coefficient (Wildman–Crippen LogP) is 1.69. The number of benzene rings is 1. The molecule has 136 valence electrons. The van der Waals surface area contributed by atoms with E-state index < -0.39 is 30.1 Å². The third kappa shape index (κ3) is 3.41. The van der Waals surface area contributed by atoms with Crippen molar-refractivity contribution < 1.29 is 23.5 Å². The number of carbonyl (C=O) groups is 3. The number of fused-ring (bicyclic) bond motifs is 1. The van der Waals surface area contributed by atoms with Gasteiger partial charge in [0.05, 0.1) is 0 Å². The number of hydrogen-bond acceptors (Lipinski definition) is 6. The Kier molecular flexibility index (Phi) is 4.69. The summed E-state index contributed by atoms with van der Waals surface area (Å²) >= 11 is 6.11. The van der Waals surface area contributed by atoms with E-state index in [1.54, 1.807) is 19.1 Å². The number of hydrogen-bond donors (Lipinski definition) is 0. The molecule has 1 fully saturated rings. The monoisotopic (exact) mass is 378 g/mol. The van der Waals surface area contributed by atoms with Crippen LogP contribution in [0.25, 0.3) is 11.0 Å². The van der Waals surface area contributed by atoms with Crippen molar-refractivity contribution in [2.75, 3.05) is 20.1 Å². The van der Waals surface area contributed by atoms with Gasteiger partial charge in [-0.05, 0) is 24.6 Å². The molecule has 1 saturated heterocycles. The van der Waals surface area contributed by atoms with E-state index in [2.05, 4.69) is 0 Å². The van der Waals surface area contributed by atoms with Gasteiger partial charge in [0.2, 0.25) is 0 Å². The Hall–Kier alpha value is -2.87. The van der Waals surface area contributed by atoms with Gasteiger partial charge in [0.25, 0.3) is 5.91 Å². The molecule has 9 heteroatoms. The molecular weight excluding hydrogens is 364 g/mol. The number of aryl methyl sites for hydroxylation is 1. The maximum Gasteiger partial charge on any atom is 0.336 e. The summed E-state index contributed by atoms with van der Waals surface area (Å²) in [5.41, 5.74) is 0.906. The lowest BCUT2D eigenvalue weighted by molar-refractivity contribution is -0.147. The molecule has 2 heterocycles. The summed E-state index contributed by atoms with van der Waals surface area (Å²) in [5.74, 6) is -1.23. The highest BCUT2D eigenvalue weighted by Gasteiger charge is 2.35. The molecule has 1 aromatic heterocycles. The molecule has 26 heavy (non-hydrogen) atoms. The van der Waals surface area contributed by atoms with Crippen LogP contribution in [0, 0.1) is 6.92 Å². The molecule has 0 spiro atoms. The second-order valence-electron chi connectivity index (χ2n) is 5.97. The molecule has 0 aliphatic carbocycles. The molecule has 0 atom stereocenters. The van der Waals surface area contributed by atoms with Crippen LogP contribution in [0.5, 0.6) is 0 Å². The SMILES string of the molecule is Cc1cc2oc(=O)cc(COC(=O)CN3C(=O)CN(C)C3=O)c2cc1Cl. The van der Waals surface area contributed by atoms with Crippen LogP contribution in [-0.2, 0) is 20.9 Å². The first-order valence-corrected chi connectivity index (χ1v) is 8.08. The van der Waals surface area contributed by atoms with Crippen molar-refractivity contribution in [2.45, 2.75) is 13.5 Å². The van der Waals surface area contributed by atoms with Crippen molar-refractivity contribution in [3.63, 3.8) is 0 Å². The molecule has 0 bridgehead atoms. The fourth-order valence-electron chi connectivity index (χ4n) is 2.63. The van der Waals surface area contributed by atoms with E-state index >= 15 is 0 Å². The zero-order valence-electron chi connectivity index (χ0n) is 14.1. The summed E-state index contributed by atoms with van der Waals surface area (Å²) < 4.78 is 10.3. The smallest absolute Gasteiger partial charge is 0.336 e. The Morgan fingerprint density at radius 1 is 1.27 bits per heavy atom. The summed E-state index contributed by atoms with van der Waals surface area (Å²) in [6.07, 6.45) is 0. The number of imide groups is 1. The van der Waals surface area contributed by atoms with Gasteiger partial charge in [-0.2, -0.15) is 0 Å². The first kappa shape index (κ1) is 17.9. The Morgan fingerprint density at radius 3 is 2.65 bits per heavy atom. The largest absolute Gasteiger partial charge is 0.459 e. The third-order valence-electron chi connectivity index (χ3n) is 4.02. The zero-order chi connectivity index (χ0) is 19.0. The maximum absolute atomic E-state index is 12.0. The fraction of sp³-hybridized carbons (Fsp3) is 0.294. The van der Waals surface area contributed by atoms with Gasteiger partial charge in [-0.15, -0.1) is 0 Å². The van der Waals surface area contributed by atoms with Crippen LogP contribution in [0.2, 0.25) is 5.02 Å². The number of nitrogens with zero attached hydrogens (tertiary/aromatic N) is 2. The lowest BCUT2D eigenvalue weighted by atomic mass is 10.1. The number of esters is 1. The maximum atomic E-state index is 12.0. The molecule has 0 N–H and O–H groups in total. The van der Waals surface area contributed by atoms with Crippen LogP contribution in [-0.4, -0.2) is 47.8 Å². The number of amides is 3. The summed E-state index contributed by atoms with van der Waals surface area (Å²) in [5, 5.41) is 1.02. The van der Waals surface area contributed by atoms with Crippen molar-refractivity contribution in [1.29, 1.82) is 0 Å². The highest BCUT2D eigenvalue weighted by molar-refractivity contribution is 6.32. The van der Waals surface area contributed by atoms with E-state index in [9.17, 15) is 19.2 Å². The molecule has 1 aromatic carbocycles. The minimum Gasteiger partial charge on any atom is -0.459 e. The number of likely N-dealkylation sites (N-methyl/N-ethyl adjacent to an activating group) is 1. The van der Waals surface area contributed by atoms with Crippen LogP contribution in [0.1, 0.15) is 11.1 Å². The average molecular weight is 379 g/mol. The first-order chi connectivity index (χ1) is 12.3. The molecule has 1 aliphatic rings. The zero-order valence-corrected chi connectivity index (χ0v) is 14.8. The second kappa shape index (κ2) is 6.80. The Balaban J connectivity index is 1.76. The summed E-state index contributed by atoms with van der Waals surface area (Å²) in [6.45, 7) is 0.998. The van der Waals surface area contributed by atoms with Gasteiger partial charge in [-0.1, -0.05) is 11.6 Å². The van der Waals surface area contributed by atoms with Crippen molar-refractivity contribution >= 4 is 40.5 Å². The van der Waals surface area contributed by atoms with Crippen LogP contribution >= 0.6 is 11.6 Å².